The van der Waals surface area contributed by atoms with Crippen molar-refractivity contribution in [3.05, 3.63) is 47.7 Å². The summed E-state index contributed by atoms with van der Waals surface area (Å²) in [6.45, 7) is 0. The lowest BCUT2D eigenvalue weighted by Crippen LogP contribution is -2.13. The van der Waals surface area contributed by atoms with Gasteiger partial charge in [-0.3, -0.25) is 0 Å². The number of rotatable bonds is 4. The van der Waals surface area contributed by atoms with Gasteiger partial charge in [0.2, 0.25) is 0 Å². The first-order chi connectivity index (χ1) is 8.29. The molecule has 17 heavy (non-hydrogen) atoms. The fourth-order valence-corrected chi connectivity index (χ4v) is 2.20. The van der Waals surface area contributed by atoms with Gasteiger partial charge >= 0.3 is 0 Å². The van der Waals surface area contributed by atoms with E-state index in [2.05, 4.69) is 22.9 Å². The third-order valence-corrected chi connectivity index (χ3v) is 3.02. The fraction of sp³-hybridized carbons (Fsp3) is 0.0833. The summed E-state index contributed by atoms with van der Waals surface area (Å²) in [5.74, 6) is 0.247. The maximum Gasteiger partial charge on any atom is 0.186 e. The lowest BCUT2D eigenvalue weighted by Gasteiger charge is -2.11. The zero-order valence-electron chi connectivity index (χ0n) is 8.96. The lowest BCUT2D eigenvalue weighted by molar-refractivity contribution is -0.299. The Morgan fingerprint density at radius 3 is 2.88 bits per heavy atom. The Morgan fingerprint density at radius 1 is 1.41 bits per heavy atom. The van der Waals surface area contributed by atoms with Crippen LogP contribution in [0.15, 0.2) is 47.7 Å². The van der Waals surface area contributed by atoms with Gasteiger partial charge in [-0.2, -0.15) is 12.6 Å². The molecule has 3 nitrogen and oxygen atoms in total. The van der Waals surface area contributed by atoms with E-state index in [1.165, 1.54) is 17.4 Å². The Hall–Kier alpha value is -1.46. The van der Waals surface area contributed by atoms with Gasteiger partial charge in [-0.05, 0) is 5.88 Å². The Kier molecular flexibility index (Phi) is 4.06. The Labute approximate surface area is 109 Å². The molecule has 1 N–H and O–H groups in total. The van der Waals surface area contributed by atoms with Gasteiger partial charge < -0.3 is 10.4 Å². The molecular weight excluding hydrogens is 252 g/mol. The quantitative estimate of drug-likeness (QED) is 0.657. The zero-order chi connectivity index (χ0) is 12.1. The maximum atomic E-state index is 11.3. The number of benzene rings is 1. The van der Waals surface area contributed by atoms with Gasteiger partial charge in [0.25, 0.3) is 0 Å². The lowest BCUT2D eigenvalue weighted by atomic mass is 10.2. The van der Waals surface area contributed by atoms with Gasteiger partial charge in [0, 0.05) is 16.7 Å². The number of thiazole rings is 1. The standard InChI is InChI=1S/C12H12N2OS2/c15-11(6-7-16)14-12-13-10(8-17-12)9-4-2-1-3-5-9/h1-6,8,15-16H,7H2,(H,13,14)/p-1/b11-6+. The van der Waals surface area contributed by atoms with Crippen molar-refractivity contribution in [1.29, 1.82) is 0 Å². The first-order valence-electron chi connectivity index (χ1n) is 5.05. The van der Waals surface area contributed by atoms with Crippen molar-refractivity contribution in [2.45, 2.75) is 0 Å². The van der Waals surface area contributed by atoms with Crippen LogP contribution in [0, 0.1) is 0 Å². The average Bonchev–Trinajstić information content (AvgIpc) is 2.79. The molecule has 2 aromatic rings. The highest BCUT2D eigenvalue weighted by Crippen LogP contribution is 2.24. The van der Waals surface area contributed by atoms with Gasteiger partial charge in [-0.1, -0.05) is 36.4 Å². The number of hydrogen-bond acceptors (Lipinski definition) is 5. The van der Waals surface area contributed by atoms with Crippen molar-refractivity contribution in [3.63, 3.8) is 0 Å². The third kappa shape index (κ3) is 3.25. The van der Waals surface area contributed by atoms with Gasteiger partial charge in [0.1, 0.15) is 0 Å². The number of hydrogen-bond donors (Lipinski definition) is 2. The molecule has 0 bridgehead atoms. The summed E-state index contributed by atoms with van der Waals surface area (Å²) in [5, 5.41) is 16.5. The van der Waals surface area contributed by atoms with Crippen molar-refractivity contribution in [2.24, 2.45) is 0 Å². The molecule has 0 atom stereocenters. The minimum absolute atomic E-state index is 0.172. The molecule has 1 aromatic heterocycles. The van der Waals surface area contributed by atoms with E-state index < -0.39 is 0 Å². The van der Waals surface area contributed by atoms with Crippen LogP contribution >= 0.6 is 24.0 Å². The van der Waals surface area contributed by atoms with Crippen molar-refractivity contribution in [2.75, 3.05) is 11.1 Å². The molecule has 88 valence electrons. The highest BCUT2D eigenvalue weighted by molar-refractivity contribution is 7.80. The van der Waals surface area contributed by atoms with Crippen LogP contribution in [0.5, 0.6) is 0 Å². The second-order valence-corrected chi connectivity index (χ2v) is 4.50. The van der Waals surface area contributed by atoms with Gasteiger partial charge in [0.05, 0.1) is 5.69 Å². The summed E-state index contributed by atoms with van der Waals surface area (Å²) in [4.78, 5) is 4.34. The predicted molar refractivity (Wildman–Crippen MR) is 73.1 cm³/mol. The number of thiol groups is 1. The van der Waals surface area contributed by atoms with Crippen LogP contribution in [0.3, 0.4) is 0 Å². The van der Waals surface area contributed by atoms with Crippen LogP contribution < -0.4 is 10.4 Å². The molecule has 0 amide bonds. The Morgan fingerprint density at radius 2 is 2.18 bits per heavy atom. The van der Waals surface area contributed by atoms with Crippen LogP contribution in [0.4, 0.5) is 5.13 Å². The minimum Gasteiger partial charge on any atom is -0.860 e. The van der Waals surface area contributed by atoms with Crippen LogP contribution in [-0.2, 0) is 0 Å². The summed E-state index contributed by atoms with van der Waals surface area (Å²) < 4.78 is 0. The topological polar surface area (TPSA) is 48.0 Å². The summed E-state index contributed by atoms with van der Waals surface area (Å²) in [7, 11) is 0. The van der Waals surface area contributed by atoms with Crippen LogP contribution in [0.25, 0.3) is 11.3 Å². The second kappa shape index (κ2) is 5.75. The van der Waals surface area contributed by atoms with Crippen molar-refractivity contribution in [1.82, 2.24) is 4.98 Å². The molecule has 5 heteroatoms. The van der Waals surface area contributed by atoms with E-state index in [0.29, 0.717) is 10.9 Å². The minimum atomic E-state index is -0.172. The average molecular weight is 263 g/mol. The Bertz CT molecular complexity index is 508. The van der Waals surface area contributed by atoms with Crippen LogP contribution in [0.2, 0.25) is 0 Å². The molecule has 0 fully saturated rings. The van der Waals surface area contributed by atoms with E-state index in [0.717, 1.165) is 11.3 Å². The second-order valence-electron chi connectivity index (χ2n) is 3.28. The van der Waals surface area contributed by atoms with E-state index in [1.807, 2.05) is 35.7 Å². The fourth-order valence-electron chi connectivity index (χ4n) is 1.31. The molecular formula is C12H11N2OS2-. The normalized spacial score (nSPS) is 11.5. The predicted octanol–water partition coefficient (Wildman–Crippen LogP) is 2.35. The molecule has 0 aliphatic rings. The molecule has 0 aliphatic heterocycles. The Balaban J connectivity index is 2.14. The van der Waals surface area contributed by atoms with Crippen molar-refractivity contribution >= 4 is 29.1 Å². The largest absolute Gasteiger partial charge is 0.860 e. The molecule has 0 spiro atoms. The van der Waals surface area contributed by atoms with Gasteiger partial charge in [0.15, 0.2) is 5.13 Å². The van der Waals surface area contributed by atoms with Gasteiger partial charge in [-0.25, -0.2) is 4.98 Å². The van der Waals surface area contributed by atoms with E-state index in [1.54, 1.807) is 0 Å². The van der Waals surface area contributed by atoms with Crippen molar-refractivity contribution < 1.29 is 5.11 Å². The first-order valence-corrected chi connectivity index (χ1v) is 6.57. The van der Waals surface area contributed by atoms with E-state index in [-0.39, 0.29) is 5.88 Å². The molecule has 1 aromatic carbocycles. The molecule has 1 heterocycles. The summed E-state index contributed by atoms with van der Waals surface area (Å²) in [6, 6.07) is 9.85. The van der Waals surface area contributed by atoms with E-state index in [4.69, 9.17) is 0 Å². The van der Waals surface area contributed by atoms with E-state index in [9.17, 15) is 5.11 Å². The molecule has 0 aliphatic carbocycles. The van der Waals surface area contributed by atoms with E-state index >= 15 is 0 Å². The molecule has 0 unspecified atom stereocenters. The number of aromatic nitrogens is 1. The third-order valence-electron chi connectivity index (χ3n) is 2.08. The maximum absolute atomic E-state index is 11.3. The molecule has 0 saturated carbocycles. The monoisotopic (exact) mass is 263 g/mol. The number of nitrogens with one attached hydrogen (secondary N) is 1. The number of nitrogens with zero attached hydrogens (tertiary/aromatic N) is 1. The number of anilines is 1. The molecule has 0 saturated heterocycles. The summed E-state index contributed by atoms with van der Waals surface area (Å²) >= 11 is 5.37. The summed E-state index contributed by atoms with van der Waals surface area (Å²) in [6.07, 6.45) is 1.46. The van der Waals surface area contributed by atoms with Crippen LogP contribution in [-0.4, -0.2) is 10.7 Å². The zero-order valence-corrected chi connectivity index (χ0v) is 10.7. The van der Waals surface area contributed by atoms with Crippen LogP contribution in [0.1, 0.15) is 0 Å². The summed E-state index contributed by atoms with van der Waals surface area (Å²) in [5.41, 5.74) is 1.92. The first kappa shape index (κ1) is 12.0. The van der Waals surface area contributed by atoms with Gasteiger partial charge in [-0.15, -0.1) is 11.3 Å². The SMILES string of the molecule is [O-]/C(=C/CS)Nc1nc(-c2ccccc2)cs1. The smallest absolute Gasteiger partial charge is 0.186 e. The highest BCUT2D eigenvalue weighted by atomic mass is 32.1. The van der Waals surface area contributed by atoms with Crippen molar-refractivity contribution in [3.8, 4) is 11.3 Å². The molecule has 0 radical (unpaired) electrons. The highest BCUT2D eigenvalue weighted by Gasteiger charge is 2.02. The molecule has 2 rings (SSSR count).